The zero-order valence-corrected chi connectivity index (χ0v) is 12.3. The molecule has 0 saturated carbocycles. The van der Waals surface area contributed by atoms with Crippen molar-refractivity contribution in [2.75, 3.05) is 27.7 Å². The molecule has 0 spiro atoms. The highest BCUT2D eigenvalue weighted by atomic mass is 32.1. The second-order valence-corrected chi connectivity index (χ2v) is 5.84. The van der Waals surface area contributed by atoms with Crippen LogP contribution in [0.1, 0.15) is 15.6 Å². The molecule has 0 amide bonds. The van der Waals surface area contributed by atoms with Crippen molar-refractivity contribution in [1.82, 2.24) is 20.1 Å². The van der Waals surface area contributed by atoms with Gasteiger partial charge in [-0.05, 0) is 14.1 Å². The summed E-state index contributed by atoms with van der Waals surface area (Å²) >= 11 is 1.75. The van der Waals surface area contributed by atoms with Gasteiger partial charge in [0.05, 0.1) is 12.2 Å². The number of nitriles is 1. The molecule has 0 atom stereocenters. The number of rotatable bonds is 2. The van der Waals surface area contributed by atoms with Crippen LogP contribution in [-0.4, -0.2) is 48.4 Å². The van der Waals surface area contributed by atoms with Crippen LogP contribution < -0.4 is 5.32 Å². The van der Waals surface area contributed by atoms with Crippen molar-refractivity contribution >= 4 is 17.3 Å². The van der Waals surface area contributed by atoms with E-state index in [4.69, 9.17) is 5.26 Å². The van der Waals surface area contributed by atoms with Crippen molar-refractivity contribution < 1.29 is 0 Å². The summed E-state index contributed by atoms with van der Waals surface area (Å²) in [6.45, 7) is 2.50. The second-order valence-electron chi connectivity index (χ2n) is 4.67. The average Bonchev–Trinajstić information content (AvgIpc) is 2.75. The van der Waals surface area contributed by atoms with Crippen molar-refractivity contribution in [2.24, 2.45) is 4.99 Å². The molecule has 0 bridgehead atoms. The Morgan fingerprint density at radius 2 is 2.42 bits per heavy atom. The molecule has 0 aliphatic carbocycles. The predicted octanol–water partition coefficient (Wildman–Crippen LogP) is 0.619. The molecule has 2 rings (SSSR count). The molecule has 1 aromatic heterocycles. The highest BCUT2D eigenvalue weighted by Crippen LogP contribution is 2.25. The zero-order chi connectivity index (χ0) is 13.8. The Hall–Kier alpha value is -1.65. The third kappa shape index (κ3) is 3.22. The highest BCUT2D eigenvalue weighted by molar-refractivity contribution is 7.11. The first-order valence-corrected chi connectivity index (χ1v) is 6.97. The third-order valence-electron chi connectivity index (χ3n) is 2.91. The summed E-state index contributed by atoms with van der Waals surface area (Å²) in [5.41, 5.74) is 1.20. The highest BCUT2D eigenvalue weighted by Gasteiger charge is 2.22. The van der Waals surface area contributed by atoms with Gasteiger partial charge in [0.2, 0.25) is 12.2 Å². The van der Waals surface area contributed by atoms with E-state index in [9.17, 15) is 0 Å². The number of guanidine groups is 1. The molecule has 1 N–H and O–H groups in total. The van der Waals surface area contributed by atoms with Crippen molar-refractivity contribution in [1.29, 1.82) is 5.26 Å². The van der Waals surface area contributed by atoms with Gasteiger partial charge in [-0.2, -0.15) is 5.26 Å². The molecule has 0 unspecified atom stereocenters. The van der Waals surface area contributed by atoms with Gasteiger partial charge >= 0.3 is 0 Å². The van der Waals surface area contributed by atoms with E-state index < -0.39 is 0 Å². The normalized spacial score (nSPS) is 15.3. The summed E-state index contributed by atoms with van der Waals surface area (Å²) in [5, 5.41) is 12.8. The van der Waals surface area contributed by atoms with Crippen molar-refractivity contribution in [3.05, 3.63) is 15.6 Å². The van der Waals surface area contributed by atoms with E-state index in [0.29, 0.717) is 5.96 Å². The number of aromatic nitrogens is 1. The fourth-order valence-corrected chi connectivity index (χ4v) is 3.35. The second kappa shape index (κ2) is 5.99. The maximum absolute atomic E-state index is 8.68. The Bertz CT molecular complexity index is 513. The van der Waals surface area contributed by atoms with Crippen molar-refractivity contribution in [2.45, 2.75) is 19.5 Å². The third-order valence-corrected chi connectivity index (χ3v) is 3.97. The van der Waals surface area contributed by atoms with E-state index in [1.807, 2.05) is 20.3 Å². The van der Waals surface area contributed by atoms with Crippen LogP contribution >= 0.6 is 11.3 Å². The first-order chi connectivity index (χ1) is 9.13. The molecule has 1 aromatic rings. The minimum atomic E-state index is 0.635. The first kappa shape index (κ1) is 13.8. The monoisotopic (exact) mass is 278 g/mol. The van der Waals surface area contributed by atoms with Gasteiger partial charge < -0.3 is 15.1 Å². The smallest absolute Gasteiger partial charge is 0.210 e. The van der Waals surface area contributed by atoms with Crippen LogP contribution in [0.4, 0.5) is 0 Å². The quantitative estimate of drug-likeness (QED) is 0.488. The summed E-state index contributed by atoms with van der Waals surface area (Å²) in [6, 6.07) is 0. The van der Waals surface area contributed by atoms with E-state index in [2.05, 4.69) is 25.1 Å². The van der Waals surface area contributed by atoms with Crippen LogP contribution in [0.15, 0.2) is 4.99 Å². The molecule has 0 radical (unpaired) electrons. The average molecular weight is 278 g/mol. The molecule has 0 aromatic carbocycles. The Kier molecular flexibility index (Phi) is 4.35. The van der Waals surface area contributed by atoms with Crippen LogP contribution in [0, 0.1) is 11.5 Å². The number of nitrogens with zero attached hydrogens (tertiary/aromatic N) is 5. The molecular formula is C12H18N6S. The molecule has 102 valence electrons. The standard InChI is InChI=1S/C12H18N6S/c1-14-12(15-8-13)18-5-4-9-10(6-18)19-11(16-9)7-17(2)3/h4-7H2,1-3H3,(H,14,15). The van der Waals surface area contributed by atoms with Crippen molar-refractivity contribution in [3.8, 4) is 6.19 Å². The van der Waals surface area contributed by atoms with Crippen molar-refractivity contribution in [3.63, 3.8) is 0 Å². The molecule has 1 aliphatic rings. The molecular weight excluding hydrogens is 260 g/mol. The van der Waals surface area contributed by atoms with E-state index in [0.717, 1.165) is 31.1 Å². The van der Waals surface area contributed by atoms with Crippen LogP contribution in [0.5, 0.6) is 0 Å². The van der Waals surface area contributed by atoms with Crippen LogP contribution in [-0.2, 0) is 19.5 Å². The van der Waals surface area contributed by atoms with Crippen LogP contribution in [0.2, 0.25) is 0 Å². The number of nitrogens with one attached hydrogen (secondary N) is 1. The van der Waals surface area contributed by atoms with Gasteiger partial charge in [-0.3, -0.25) is 0 Å². The number of thiazole rings is 1. The zero-order valence-electron chi connectivity index (χ0n) is 11.5. The molecule has 7 heteroatoms. The van der Waals surface area contributed by atoms with Gasteiger partial charge in [0.25, 0.3) is 0 Å². The molecule has 0 saturated heterocycles. The molecule has 1 aliphatic heterocycles. The van der Waals surface area contributed by atoms with Crippen LogP contribution in [0.25, 0.3) is 0 Å². The SMILES string of the molecule is CNC(=NC#N)N1CCc2nc(CN(C)C)sc2C1. The Balaban J connectivity index is 2.13. The summed E-state index contributed by atoms with van der Waals surface area (Å²) < 4.78 is 0. The van der Waals surface area contributed by atoms with Gasteiger partial charge in [0, 0.05) is 31.4 Å². The maximum atomic E-state index is 8.68. The molecule has 0 fully saturated rings. The summed E-state index contributed by atoms with van der Waals surface area (Å²) in [6.07, 6.45) is 2.74. The summed E-state index contributed by atoms with van der Waals surface area (Å²) in [7, 11) is 5.88. The van der Waals surface area contributed by atoms with E-state index in [-0.39, 0.29) is 0 Å². The first-order valence-electron chi connectivity index (χ1n) is 6.15. The predicted molar refractivity (Wildman–Crippen MR) is 75.7 cm³/mol. The fraction of sp³-hybridized carbons (Fsp3) is 0.583. The lowest BCUT2D eigenvalue weighted by atomic mass is 10.2. The minimum Gasteiger partial charge on any atom is -0.358 e. The van der Waals surface area contributed by atoms with E-state index in [1.165, 1.54) is 10.6 Å². The van der Waals surface area contributed by atoms with Gasteiger partial charge in [0.15, 0.2) is 0 Å². The molecule has 2 heterocycles. The van der Waals surface area contributed by atoms with Gasteiger partial charge in [-0.25, -0.2) is 4.98 Å². The van der Waals surface area contributed by atoms with E-state index in [1.54, 1.807) is 18.4 Å². The molecule has 19 heavy (non-hydrogen) atoms. The summed E-state index contributed by atoms with van der Waals surface area (Å²) in [4.78, 5) is 14.0. The maximum Gasteiger partial charge on any atom is 0.210 e. The minimum absolute atomic E-state index is 0.635. The Morgan fingerprint density at radius 1 is 1.63 bits per heavy atom. The topological polar surface area (TPSA) is 67.5 Å². The van der Waals surface area contributed by atoms with E-state index >= 15 is 0 Å². The Labute approximate surface area is 117 Å². The number of hydrogen-bond donors (Lipinski definition) is 1. The molecule has 6 nitrogen and oxygen atoms in total. The van der Waals surface area contributed by atoms with Gasteiger partial charge in [0.1, 0.15) is 5.01 Å². The number of aliphatic imine (C=N–C) groups is 1. The lowest BCUT2D eigenvalue weighted by Gasteiger charge is -2.27. The Morgan fingerprint density at radius 3 is 3.05 bits per heavy atom. The van der Waals surface area contributed by atoms with Crippen LogP contribution in [0.3, 0.4) is 0 Å². The fourth-order valence-electron chi connectivity index (χ4n) is 2.10. The lowest BCUT2D eigenvalue weighted by Crippen LogP contribution is -2.42. The largest absolute Gasteiger partial charge is 0.358 e. The lowest BCUT2D eigenvalue weighted by molar-refractivity contribution is 0.383. The number of fused-ring (bicyclic) bond motifs is 1. The number of hydrogen-bond acceptors (Lipinski definition) is 5. The van der Waals surface area contributed by atoms with Gasteiger partial charge in [-0.1, -0.05) is 0 Å². The van der Waals surface area contributed by atoms with Gasteiger partial charge in [-0.15, -0.1) is 16.3 Å². The summed E-state index contributed by atoms with van der Waals surface area (Å²) in [5.74, 6) is 0.635.